The van der Waals surface area contributed by atoms with Crippen molar-refractivity contribution in [3.05, 3.63) is 48.7 Å². The highest BCUT2D eigenvalue weighted by Crippen LogP contribution is 2.14. The van der Waals surface area contributed by atoms with Crippen LogP contribution in [-0.2, 0) is 4.74 Å². The first-order valence-electron chi connectivity index (χ1n) is 6.33. The standard InChI is InChI=1S/C16H25NO/c1-7-10-11-15(9-3)16(18-13(4)5)14(6)17-12-8-2/h7-13,16H,3H2,1-2,4-6H3/b10-7-,12-8-,15-11+,17-14+. The third kappa shape index (κ3) is 6.36. The van der Waals surface area contributed by atoms with E-state index in [1.165, 1.54) is 0 Å². The van der Waals surface area contributed by atoms with Crippen molar-refractivity contribution in [2.75, 3.05) is 0 Å². The zero-order valence-electron chi connectivity index (χ0n) is 12.2. The van der Waals surface area contributed by atoms with Crippen molar-refractivity contribution in [2.45, 2.75) is 46.8 Å². The molecule has 0 aliphatic heterocycles. The monoisotopic (exact) mass is 247 g/mol. The fraction of sp³-hybridized carbons (Fsp3) is 0.438. The van der Waals surface area contributed by atoms with Gasteiger partial charge in [0.2, 0.25) is 0 Å². The summed E-state index contributed by atoms with van der Waals surface area (Å²) in [5.41, 5.74) is 1.95. The number of aliphatic imine (C=N–C) groups is 1. The first-order chi connectivity index (χ1) is 8.56. The zero-order chi connectivity index (χ0) is 14.0. The van der Waals surface area contributed by atoms with Gasteiger partial charge < -0.3 is 4.74 Å². The van der Waals surface area contributed by atoms with E-state index in [2.05, 4.69) is 11.6 Å². The molecular weight excluding hydrogens is 222 g/mol. The maximum Gasteiger partial charge on any atom is 0.121 e. The Morgan fingerprint density at radius 2 is 1.89 bits per heavy atom. The van der Waals surface area contributed by atoms with Crippen molar-refractivity contribution in [3.63, 3.8) is 0 Å². The molecule has 0 N–H and O–H groups in total. The van der Waals surface area contributed by atoms with E-state index in [9.17, 15) is 0 Å². The number of rotatable bonds is 7. The molecule has 0 bridgehead atoms. The van der Waals surface area contributed by atoms with Gasteiger partial charge in [-0.1, -0.05) is 37.0 Å². The molecule has 18 heavy (non-hydrogen) atoms. The first kappa shape index (κ1) is 16.6. The second-order valence-corrected chi connectivity index (χ2v) is 4.21. The average Bonchev–Trinajstić information content (AvgIpc) is 2.34. The van der Waals surface area contributed by atoms with Gasteiger partial charge in [-0.3, -0.25) is 4.99 Å². The Labute approximate surface area is 111 Å². The lowest BCUT2D eigenvalue weighted by atomic mass is 10.0. The largest absolute Gasteiger partial charge is 0.365 e. The van der Waals surface area contributed by atoms with Gasteiger partial charge in [0.1, 0.15) is 6.10 Å². The summed E-state index contributed by atoms with van der Waals surface area (Å²) in [6.45, 7) is 13.8. The van der Waals surface area contributed by atoms with Crippen LogP contribution >= 0.6 is 0 Å². The van der Waals surface area contributed by atoms with Crippen LogP contribution in [0.5, 0.6) is 0 Å². The highest BCUT2D eigenvalue weighted by Gasteiger charge is 2.17. The molecule has 0 aromatic heterocycles. The van der Waals surface area contributed by atoms with Crippen LogP contribution in [0.4, 0.5) is 0 Å². The van der Waals surface area contributed by atoms with Crippen molar-refractivity contribution >= 4 is 5.71 Å². The molecule has 0 heterocycles. The third-order valence-corrected chi connectivity index (χ3v) is 2.23. The van der Waals surface area contributed by atoms with E-state index in [4.69, 9.17) is 4.74 Å². The number of hydrogen-bond donors (Lipinski definition) is 0. The lowest BCUT2D eigenvalue weighted by Crippen LogP contribution is -2.27. The Balaban J connectivity index is 5.25. The van der Waals surface area contributed by atoms with Gasteiger partial charge in [-0.15, -0.1) is 0 Å². The molecule has 2 nitrogen and oxygen atoms in total. The predicted octanol–water partition coefficient (Wildman–Crippen LogP) is 4.46. The van der Waals surface area contributed by atoms with E-state index in [-0.39, 0.29) is 12.2 Å². The van der Waals surface area contributed by atoms with Crippen LogP contribution in [0.3, 0.4) is 0 Å². The summed E-state index contributed by atoms with van der Waals surface area (Å²) >= 11 is 0. The van der Waals surface area contributed by atoms with Crippen molar-refractivity contribution < 1.29 is 4.74 Å². The van der Waals surface area contributed by atoms with Gasteiger partial charge in [0.15, 0.2) is 0 Å². The summed E-state index contributed by atoms with van der Waals surface area (Å²) in [6.07, 6.45) is 11.5. The highest BCUT2D eigenvalue weighted by molar-refractivity contribution is 5.90. The van der Waals surface area contributed by atoms with E-state index >= 15 is 0 Å². The predicted molar refractivity (Wildman–Crippen MR) is 81.0 cm³/mol. The normalized spacial score (nSPS) is 15.9. The minimum absolute atomic E-state index is 0.139. The molecule has 0 saturated carbocycles. The maximum absolute atomic E-state index is 5.92. The molecule has 2 heteroatoms. The van der Waals surface area contributed by atoms with Crippen molar-refractivity contribution in [2.24, 2.45) is 4.99 Å². The Morgan fingerprint density at radius 3 is 2.33 bits per heavy atom. The van der Waals surface area contributed by atoms with Gasteiger partial charge in [0.25, 0.3) is 0 Å². The SMILES string of the molecule is C=C/C(=C\C=C/C)C(OC(C)C)/C(C)=N/C=C\C. The van der Waals surface area contributed by atoms with Crippen LogP contribution in [0.25, 0.3) is 0 Å². The average molecular weight is 247 g/mol. The smallest absolute Gasteiger partial charge is 0.121 e. The summed E-state index contributed by atoms with van der Waals surface area (Å²) in [4.78, 5) is 4.37. The number of allylic oxidation sites excluding steroid dienone is 4. The molecule has 100 valence electrons. The lowest BCUT2D eigenvalue weighted by Gasteiger charge is -2.21. The summed E-state index contributed by atoms with van der Waals surface area (Å²) < 4.78 is 5.92. The molecule has 0 rings (SSSR count). The second kappa shape index (κ2) is 9.60. The lowest BCUT2D eigenvalue weighted by molar-refractivity contribution is 0.0668. The van der Waals surface area contributed by atoms with Crippen LogP contribution in [0.2, 0.25) is 0 Å². The van der Waals surface area contributed by atoms with E-state index in [0.29, 0.717) is 0 Å². The Kier molecular flexibility index (Phi) is 8.85. The molecule has 0 aromatic rings. The molecule has 0 fully saturated rings. The van der Waals surface area contributed by atoms with Crippen molar-refractivity contribution in [3.8, 4) is 0 Å². The van der Waals surface area contributed by atoms with Crippen LogP contribution in [-0.4, -0.2) is 17.9 Å². The fourth-order valence-electron chi connectivity index (χ4n) is 1.42. The minimum Gasteiger partial charge on any atom is -0.365 e. The molecule has 0 amide bonds. The van der Waals surface area contributed by atoms with Crippen LogP contribution < -0.4 is 0 Å². The minimum atomic E-state index is -0.144. The Hall–Kier alpha value is -1.41. The molecule has 0 aromatic carbocycles. The summed E-state index contributed by atoms with van der Waals surface area (Å²) in [5.74, 6) is 0. The Morgan fingerprint density at radius 1 is 1.22 bits per heavy atom. The summed E-state index contributed by atoms with van der Waals surface area (Å²) in [5, 5.41) is 0. The fourth-order valence-corrected chi connectivity index (χ4v) is 1.42. The molecule has 0 spiro atoms. The van der Waals surface area contributed by atoms with Gasteiger partial charge >= 0.3 is 0 Å². The number of nitrogens with zero attached hydrogens (tertiary/aromatic N) is 1. The highest BCUT2D eigenvalue weighted by atomic mass is 16.5. The van der Waals surface area contributed by atoms with Gasteiger partial charge in [-0.25, -0.2) is 0 Å². The quantitative estimate of drug-likeness (QED) is 0.480. The molecule has 1 atom stereocenters. The van der Waals surface area contributed by atoms with Gasteiger partial charge in [-0.2, -0.15) is 0 Å². The van der Waals surface area contributed by atoms with E-state index in [1.807, 2.05) is 65.0 Å². The summed E-state index contributed by atoms with van der Waals surface area (Å²) in [7, 11) is 0. The van der Waals surface area contributed by atoms with Gasteiger partial charge in [-0.05, 0) is 40.2 Å². The van der Waals surface area contributed by atoms with Gasteiger partial charge in [0.05, 0.1) is 6.10 Å². The molecular formula is C16H25NO. The molecule has 0 saturated heterocycles. The number of hydrogen-bond acceptors (Lipinski definition) is 2. The molecule has 0 aliphatic rings. The summed E-state index contributed by atoms with van der Waals surface area (Å²) in [6, 6.07) is 0. The molecule has 0 radical (unpaired) electrons. The van der Waals surface area contributed by atoms with Crippen LogP contribution in [0.15, 0.2) is 53.7 Å². The van der Waals surface area contributed by atoms with Gasteiger partial charge in [0, 0.05) is 11.9 Å². The van der Waals surface area contributed by atoms with Crippen molar-refractivity contribution in [1.29, 1.82) is 0 Å². The molecule has 0 aliphatic carbocycles. The number of ether oxygens (including phenoxy) is 1. The van der Waals surface area contributed by atoms with Crippen molar-refractivity contribution in [1.82, 2.24) is 0 Å². The second-order valence-electron chi connectivity index (χ2n) is 4.21. The topological polar surface area (TPSA) is 21.6 Å². The first-order valence-corrected chi connectivity index (χ1v) is 6.33. The molecule has 1 unspecified atom stereocenters. The third-order valence-electron chi connectivity index (χ3n) is 2.23. The Bertz CT molecular complexity index is 359. The van der Waals surface area contributed by atoms with E-state index < -0.39 is 0 Å². The van der Waals surface area contributed by atoms with Crippen LogP contribution in [0, 0.1) is 0 Å². The van der Waals surface area contributed by atoms with E-state index in [0.717, 1.165) is 11.3 Å². The maximum atomic E-state index is 5.92. The van der Waals surface area contributed by atoms with E-state index in [1.54, 1.807) is 6.20 Å². The zero-order valence-corrected chi connectivity index (χ0v) is 12.2. The van der Waals surface area contributed by atoms with Crippen LogP contribution in [0.1, 0.15) is 34.6 Å².